The molecule has 2 aromatic carbocycles. The van der Waals surface area contributed by atoms with E-state index in [1.54, 1.807) is 18.2 Å². The fourth-order valence-electron chi connectivity index (χ4n) is 2.52. The first-order chi connectivity index (χ1) is 10.7. The van der Waals surface area contributed by atoms with Crippen molar-refractivity contribution in [2.45, 2.75) is 12.5 Å². The molecule has 5 heteroatoms. The number of carbonyl (C=O) groups excluding carboxylic acids is 1. The van der Waals surface area contributed by atoms with E-state index in [0.717, 1.165) is 17.7 Å². The summed E-state index contributed by atoms with van der Waals surface area (Å²) < 4.78 is 19.0. The zero-order chi connectivity index (χ0) is 15.4. The Balaban J connectivity index is 1.60. The average Bonchev–Trinajstić information content (AvgIpc) is 2.54. The van der Waals surface area contributed by atoms with Gasteiger partial charge in [-0.15, -0.1) is 0 Å². The summed E-state index contributed by atoms with van der Waals surface area (Å²) in [6, 6.07) is 13.9. The van der Waals surface area contributed by atoms with E-state index in [0.29, 0.717) is 12.3 Å². The largest absolute Gasteiger partial charge is 0.493 e. The van der Waals surface area contributed by atoms with E-state index in [9.17, 15) is 9.18 Å². The van der Waals surface area contributed by atoms with Crippen LogP contribution < -0.4 is 15.4 Å². The number of anilines is 1. The fourth-order valence-corrected chi connectivity index (χ4v) is 2.52. The minimum Gasteiger partial charge on any atom is -0.493 e. The molecule has 0 aliphatic carbocycles. The molecule has 1 unspecified atom stereocenters. The minimum atomic E-state index is -0.369. The molecular formula is C17H17FN2O2. The van der Waals surface area contributed by atoms with E-state index >= 15 is 0 Å². The maximum atomic E-state index is 13.5. The summed E-state index contributed by atoms with van der Waals surface area (Å²) in [5.41, 5.74) is 1.30. The Kier molecular flexibility index (Phi) is 4.23. The van der Waals surface area contributed by atoms with Crippen LogP contribution in [0.3, 0.4) is 0 Å². The van der Waals surface area contributed by atoms with Crippen molar-refractivity contribution in [1.29, 1.82) is 0 Å². The van der Waals surface area contributed by atoms with Crippen LogP contribution in [0.2, 0.25) is 0 Å². The highest BCUT2D eigenvalue weighted by Crippen LogP contribution is 2.31. The van der Waals surface area contributed by atoms with Gasteiger partial charge in [0.1, 0.15) is 11.6 Å². The van der Waals surface area contributed by atoms with Gasteiger partial charge in [0.05, 0.1) is 24.9 Å². The second kappa shape index (κ2) is 6.47. The smallest absolute Gasteiger partial charge is 0.239 e. The first-order valence-corrected chi connectivity index (χ1v) is 7.23. The predicted molar refractivity (Wildman–Crippen MR) is 82.3 cm³/mol. The Morgan fingerprint density at radius 2 is 1.95 bits per heavy atom. The lowest BCUT2D eigenvalue weighted by Gasteiger charge is -2.26. The van der Waals surface area contributed by atoms with Crippen LogP contribution in [0.1, 0.15) is 18.0 Å². The summed E-state index contributed by atoms with van der Waals surface area (Å²) in [5, 5.41) is 5.77. The first-order valence-electron chi connectivity index (χ1n) is 7.23. The zero-order valence-corrected chi connectivity index (χ0v) is 12.0. The highest BCUT2D eigenvalue weighted by Gasteiger charge is 2.22. The molecule has 22 heavy (non-hydrogen) atoms. The van der Waals surface area contributed by atoms with E-state index in [4.69, 9.17) is 4.74 Å². The van der Waals surface area contributed by atoms with Crippen LogP contribution in [0.25, 0.3) is 0 Å². The van der Waals surface area contributed by atoms with Crippen LogP contribution in [-0.4, -0.2) is 19.1 Å². The normalized spacial score (nSPS) is 16.3. The SMILES string of the molecule is O=C(CNc1ccccc1F)NC1CCOc2ccccc21. The van der Waals surface area contributed by atoms with Crippen LogP contribution >= 0.6 is 0 Å². The lowest BCUT2D eigenvalue weighted by molar-refractivity contribution is -0.120. The molecule has 4 nitrogen and oxygen atoms in total. The molecular weight excluding hydrogens is 283 g/mol. The van der Waals surface area contributed by atoms with Crippen molar-refractivity contribution in [3.8, 4) is 5.75 Å². The van der Waals surface area contributed by atoms with Gasteiger partial charge in [0.2, 0.25) is 5.91 Å². The van der Waals surface area contributed by atoms with Gasteiger partial charge in [0.15, 0.2) is 0 Å². The molecule has 2 aromatic rings. The van der Waals surface area contributed by atoms with Crippen LogP contribution in [0.4, 0.5) is 10.1 Å². The lowest BCUT2D eigenvalue weighted by Crippen LogP contribution is -2.35. The Morgan fingerprint density at radius 3 is 2.82 bits per heavy atom. The zero-order valence-electron chi connectivity index (χ0n) is 12.0. The van der Waals surface area contributed by atoms with Gasteiger partial charge in [0, 0.05) is 12.0 Å². The third-order valence-electron chi connectivity index (χ3n) is 3.61. The third kappa shape index (κ3) is 3.19. The second-order valence-corrected chi connectivity index (χ2v) is 5.13. The molecule has 0 bridgehead atoms. The number of rotatable bonds is 4. The molecule has 3 rings (SSSR count). The van der Waals surface area contributed by atoms with Gasteiger partial charge in [-0.05, 0) is 18.2 Å². The second-order valence-electron chi connectivity index (χ2n) is 5.13. The van der Waals surface area contributed by atoms with E-state index in [2.05, 4.69) is 10.6 Å². The highest BCUT2D eigenvalue weighted by molar-refractivity contribution is 5.81. The van der Waals surface area contributed by atoms with Crippen molar-refractivity contribution < 1.29 is 13.9 Å². The molecule has 2 N–H and O–H groups in total. The lowest BCUT2D eigenvalue weighted by atomic mass is 10.0. The highest BCUT2D eigenvalue weighted by atomic mass is 19.1. The molecule has 1 aliphatic heterocycles. The van der Waals surface area contributed by atoms with Crippen LogP contribution in [0.15, 0.2) is 48.5 Å². The Morgan fingerprint density at radius 1 is 1.18 bits per heavy atom. The van der Waals surface area contributed by atoms with Crippen molar-refractivity contribution in [3.05, 3.63) is 59.9 Å². The molecule has 1 heterocycles. The van der Waals surface area contributed by atoms with Crippen LogP contribution in [0, 0.1) is 5.82 Å². The number of hydrogen-bond acceptors (Lipinski definition) is 3. The summed E-state index contributed by atoms with van der Waals surface area (Å²) in [7, 11) is 0. The van der Waals surface area contributed by atoms with Gasteiger partial charge in [-0.25, -0.2) is 4.39 Å². The standard InChI is InChI=1S/C17H17FN2O2/c18-13-6-2-3-7-15(13)19-11-17(21)20-14-9-10-22-16-8-4-1-5-12(14)16/h1-8,14,19H,9-11H2,(H,20,21). The van der Waals surface area contributed by atoms with E-state index in [-0.39, 0.29) is 24.3 Å². The monoisotopic (exact) mass is 300 g/mol. The molecule has 1 atom stereocenters. The van der Waals surface area contributed by atoms with E-state index < -0.39 is 0 Å². The minimum absolute atomic E-state index is 0.0282. The van der Waals surface area contributed by atoms with Gasteiger partial charge in [0.25, 0.3) is 0 Å². The summed E-state index contributed by atoms with van der Waals surface area (Å²) in [5.74, 6) is 0.262. The van der Waals surface area contributed by atoms with Crippen molar-refractivity contribution in [2.75, 3.05) is 18.5 Å². The Labute approximate surface area is 128 Å². The van der Waals surface area contributed by atoms with E-state index in [1.807, 2.05) is 24.3 Å². The molecule has 1 aliphatic rings. The number of para-hydroxylation sites is 2. The van der Waals surface area contributed by atoms with Gasteiger partial charge in [-0.3, -0.25) is 4.79 Å². The fraction of sp³-hybridized carbons (Fsp3) is 0.235. The predicted octanol–water partition coefficient (Wildman–Crippen LogP) is 2.88. The molecule has 0 fully saturated rings. The van der Waals surface area contributed by atoms with Gasteiger partial charge >= 0.3 is 0 Å². The van der Waals surface area contributed by atoms with Gasteiger partial charge in [-0.2, -0.15) is 0 Å². The maximum absolute atomic E-state index is 13.5. The maximum Gasteiger partial charge on any atom is 0.239 e. The topological polar surface area (TPSA) is 50.4 Å². The van der Waals surface area contributed by atoms with Crippen molar-refractivity contribution in [2.24, 2.45) is 0 Å². The number of halogens is 1. The van der Waals surface area contributed by atoms with Crippen molar-refractivity contribution >= 4 is 11.6 Å². The summed E-state index contributed by atoms with van der Waals surface area (Å²) in [6.45, 7) is 0.600. The molecule has 114 valence electrons. The van der Waals surface area contributed by atoms with Crippen LogP contribution in [-0.2, 0) is 4.79 Å². The molecule has 0 saturated heterocycles. The van der Waals surface area contributed by atoms with Crippen molar-refractivity contribution in [3.63, 3.8) is 0 Å². The average molecular weight is 300 g/mol. The Bertz CT molecular complexity index is 675. The summed E-state index contributed by atoms with van der Waals surface area (Å²) >= 11 is 0. The van der Waals surface area contributed by atoms with Crippen LogP contribution in [0.5, 0.6) is 5.75 Å². The first kappa shape index (κ1) is 14.4. The van der Waals surface area contributed by atoms with Gasteiger partial charge in [-0.1, -0.05) is 30.3 Å². The third-order valence-corrected chi connectivity index (χ3v) is 3.61. The number of benzene rings is 2. The Hall–Kier alpha value is -2.56. The summed E-state index contributed by atoms with van der Waals surface area (Å²) in [6.07, 6.45) is 0.725. The number of amides is 1. The number of carbonyl (C=O) groups is 1. The van der Waals surface area contributed by atoms with Crippen molar-refractivity contribution in [1.82, 2.24) is 5.32 Å². The number of ether oxygens (including phenoxy) is 1. The quantitative estimate of drug-likeness (QED) is 0.913. The number of nitrogens with one attached hydrogen (secondary N) is 2. The number of fused-ring (bicyclic) bond motifs is 1. The molecule has 0 aromatic heterocycles. The summed E-state index contributed by atoms with van der Waals surface area (Å²) in [4.78, 5) is 12.1. The van der Waals surface area contributed by atoms with E-state index in [1.165, 1.54) is 6.07 Å². The van der Waals surface area contributed by atoms with Gasteiger partial charge < -0.3 is 15.4 Å². The molecule has 0 saturated carbocycles. The molecule has 0 radical (unpaired) electrons. The number of hydrogen-bond donors (Lipinski definition) is 2. The molecule has 1 amide bonds. The molecule has 0 spiro atoms.